The van der Waals surface area contributed by atoms with E-state index in [1.165, 1.54) is 12.0 Å². The number of unbranched alkanes of at least 4 members (excludes halogenated alkanes) is 1. The van der Waals surface area contributed by atoms with E-state index in [4.69, 9.17) is 9.84 Å². The molecular formula is C12H25N3O4. The molecule has 0 aromatic carbocycles. The number of carbonyl (C=O) groups is 2. The molecule has 0 saturated heterocycles. The maximum atomic E-state index is 11.8. The Kier molecular flexibility index (Phi) is 9.82. The normalized spacial score (nSPS) is 10.5. The molecule has 7 nitrogen and oxygen atoms in total. The number of hydrogen-bond donors (Lipinski definition) is 2. The van der Waals surface area contributed by atoms with Crippen molar-refractivity contribution in [2.75, 3.05) is 54.0 Å². The topological polar surface area (TPSA) is 82.1 Å². The third-order valence-electron chi connectivity index (χ3n) is 2.49. The van der Waals surface area contributed by atoms with Crippen molar-refractivity contribution in [2.45, 2.75) is 12.8 Å². The van der Waals surface area contributed by atoms with Crippen LogP contribution in [0.1, 0.15) is 12.8 Å². The molecule has 0 aliphatic carbocycles. The molecule has 0 radical (unpaired) electrons. The van der Waals surface area contributed by atoms with E-state index < -0.39 is 5.97 Å². The zero-order valence-electron chi connectivity index (χ0n) is 12.0. The van der Waals surface area contributed by atoms with E-state index in [2.05, 4.69) is 10.2 Å². The van der Waals surface area contributed by atoms with Crippen LogP contribution in [0.25, 0.3) is 0 Å². The fourth-order valence-electron chi connectivity index (χ4n) is 1.48. The van der Waals surface area contributed by atoms with E-state index in [1.807, 2.05) is 14.1 Å². The Bertz CT molecular complexity index is 272. The summed E-state index contributed by atoms with van der Waals surface area (Å²) in [6.07, 6.45) is 1.86. The van der Waals surface area contributed by atoms with Gasteiger partial charge in [-0.1, -0.05) is 0 Å². The second-order valence-electron chi connectivity index (χ2n) is 4.55. The molecule has 112 valence electrons. The quantitative estimate of drug-likeness (QED) is 0.551. The lowest BCUT2D eigenvalue weighted by Gasteiger charge is -2.20. The minimum Gasteiger partial charge on any atom is -0.480 e. The van der Waals surface area contributed by atoms with E-state index in [9.17, 15) is 9.59 Å². The molecule has 0 heterocycles. The van der Waals surface area contributed by atoms with Gasteiger partial charge in [0.2, 0.25) is 0 Å². The number of carbonyl (C=O) groups excluding carboxylic acids is 1. The Hall–Kier alpha value is -1.34. The fraction of sp³-hybridized carbons (Fsp3) is 0.833. The van der Waals surface area contributed by atoms with Gasteiger partial charge in [-0.05, 0) is 33.5 Å². The third kappa shape index (κ3) is 10.3. The van der Waals surface area contributed by atoms with Crippen molar-refractivity contribution in [3.63, 3.8) is 0 Å². The highest BCUT2D eigenvalue weighted by Gasteiger charge is 2.15. The van der Waals surface area contributed by atoms with Gasteiger partial charge in [0.1, 0.15) is 6.54 Å². The number of ether oxygens (including phenoxy) is 1. The van der Waals surface area contributed by atoms with E-state index in [0.717, 1.165) is 19.4 Å². The van der Waals surface area contributed by atoms with Gasteiger partial charge >= 0.3 is 12.0 Å². The minimum absolute atomic E-state index is 0.270. The Morgan fingerprint density at radius 3 is 2.42 bits per heavy atom. The molecule has 19 heavy (non-hydrogen) atoms. The summed E-state index contributed by atoms with van der Waals surface area (Å²) < 4.78 is 4.85. The summed E-state index contributed by atoms with van der Waals surface area (Å²) in [5.74, 6) is -1.03. The summed E-state index contributed by atoms with van der Waals surface area (Å²) in [7, 11) is 5.51. The van der Waals surface area contributed by atoms with E-state index >= 15 is 0 Å². The van der Waals surface area contributed by atoms with Crippen molar-refractivity contribution < 1.29 is 19.4 Å². The second kappa shape index (κ2) is 10.6. The van der Waals surface area contributed by atoms with Crippen LogP contribution in [-0.2, 0) is 9.53 Å². The first-order chi connectivity index (χ1) is 8.97. The maximum Gasteiger partial charge on any atom is 0.323 e. The zero-order valence-corrected chi connectivity index (χ0v) is 12.0. The van der Waals surface area contributed by atoms with Gasteiger partial charge in [-0.25, -0.2) is 4.79 Å². The van der Waals surface area contributed by atoms with E-state index in [0.29, 0.717) is 13.2 Å². The SMILES string of the molecule is COCCN(CC(=O)O)C(=O)NCCCCN(C)C. The monoisotopic (exact) mass is 275 g/mol. The highest BCUT2D eigenvalue weighted by Crippen LogP contribution is 1.93. The summed E-state index contributed by atoms with van der Waals surface area (Å²) in [4.78, 5) is 25.7. The lowest BCUT2D eigenvalue weighted by atomic mass is 10.3. The molecule has 0 aromatic heterocycles. The molecule has 0 atom stereocenters. The van der Waals surface area contributed by atoms with Crippen LogP contribution in [0.5, 0.6) is 0 Å². The first-order valence-electron chi connectivity index (χ1n) is 6.35. The minimum atomic E-state index is -1.03. The first kappa shape index (κ1) is 17.7. The highest BCUT2D eigenvalue weighted by molar-refractivity contribution is 5.80. The van der Waals surface area contributed by atoms with Gasteiger partial charge in [0.25, 0.3) is 0 Å². The molecule has 0 unspecified atom stereocenters. The van der Waals surface area contributed by atoms with Crippen LogP contribution < -0.4 is 5.32 Å². The molecule has 0 aromatic rings. The van der Waals surface area contributed by atoms with Crippen LogP contribution in [0.15, 0.2) is 0 Å². The van der Waals surface area contributed by atoms with Gasteiger partial charge in [0, 0.05) is 20.2 Å². The molecule has 0 bridgehead atoms. The number of nitrogens with zero attached hydrogens (tertiary/aromatic N) is 2. The van der Waals surface area contributed by atoms with Gasteiger partial charge in [0.15, 0.2) is 0 Å². The van der Waals surface area contributed by atoms with E-state index in [1.54, 1.807) is 0 Å². The first-order valence-corrected chi connectivity index (χ1v) is 6.35. The predicted octanol–water partition coefficient (Wildman–Crippen LogP) is 0.0708. The average molecular weight is 275 g/mol. The van der Waals surface area contributed by atoms with Crippen LogP contribution >= 0.6 is 0 Å². The average Bonchev–Trinajstić information content (AvgIpc) is 2.32. The Labute approximate surface area is 114 Å². The lowest BCUT2D eigenvalue weighted by Crippen LogP contribution is -2.44. The van der Waals surface area contributed by atoms with Crippen LogP contribution in [0.2, 0.25) is 0 Å². The summed E-state index contributed by atoms with van der Waals surface area (Å²) in [6, 6.07) is -0.357. The molecular weight excluding hydrogens is 250 g/mol. The van der Waals surface area contributed by atoms with Gasteiger partial charge in [-0.15, -0.1) is 0 Å². The summed E-state index contributed by atoms with van der Waals surface area (Å²) in [6.45, 7) is 1.80. The number of urea groups is 1. The van der Waals surface area contributed by atoms with Crippen molar-refractivity contribution in [1.82, 2.24) is 15.1 Å². The Balaban J connectivity index is 3.92. The number of hydrogen-bond acceptors (Lipinski definition) is 4. The number of rotatable bonds is 10. The Morgan fingerprint density at radius 2 is 1.89 bits per heavy atom. The van der Waals surface area contributed by atoms with Gasteiger partial charge in [-0.3, -0.25) is 4.79 Å². The molecule has 0 rings (SSSR count). The second-order valence-corrected chi connectivity index (χ2v) is 4.55. The van der Waals surface area contributed by atoms with Crippen molar-refractivity contribution >= 4 is 12.0 Å². The molecule has 2 N–H and O–H groups in total. The van der Waals surface area contributed by atoms with Crippen molar-refractivity contribution in [1.29, 1.82) is 0 Å². The zero-order chi connectivity index (χ0) is 14.7. The smallest absolute Gasteiger partial charge is 0.323 e. The number of nitrogens with one attached hydrogen (secondary N) is 1. The maximum absolute atomic E-state index is 11.8. The van der Waals surface area contributed by atoms with Crippen LogP contribution in [0, 0.1) is 0 Å². The molecule has 7 heteroatoms. The molecule has 0 aliphatic rings. The molecule has 2 amide bonds. The largest absolute Gasteiger partial charge is 0.480 e. The third-order valence-corrected chi connectivity index (χ3v) is 2.49. The van der Waals surface area contributed by atoms with Crippen molar-refractivity contribution in [3.8, 4) is 0 Å². The number of methoxy groups -OCH3 is 1. The van der Waals surface area contributed by atoms with Crippen molar-refractivity contribution in [2.24, 2.45) is 0 Å². The van der Waals surface area contributed by atoms with Crippen LogP contribution in [0.4, 0.5) is 4.79 Å². The molecule has 0 fully saturated rings. The lowest BCUT2D eigenvalue weighted by molar-refractivity contribution is -0.137. The van der Waals surface area contributed by atoms with Gasteiger partial charge < -0.3 is 25.0 Å². The standard InChI is InChI=1S/C12H25N3O4/c1-14(2)7-5-4-6-13-12(18)15(8-9-19-3)10-11(16)17/h4-10H2,1-3H3,(H,13,18)(H,16,17). The van der Waals surface area contributed by atoms with Gasteiger partial charge in [-0.2, -0.15) is 0 Å². The molecule has 0 aliphatic heterocycles. The number of aliphatic carboxylic acids is 1. The number of carboxylic acids is 1. The van der Waals surface area contributed by atoms with Crippen molar-refractivity contribution in [3.05, 3.63) is 0 Å². The van der Waals surface area contributed by atoms with Crippen LogP contribution in [0.3, 0.4) is 0 Å². The summed E-state index contributed by atoms with van der Waals surface area (Å²) in [5, 5.41) is 11.5. The molecule has 0 spiro atoms. The summed E-state index contributed by atoms with van der Waals surface area (Å²) >= 11 is 0. The fourth-order valence-corrected chi connectivity index (χ4v) is 1.48. The molecule has 0 saturated carbocycles. The Morgan fingerprint density at radius 1 is 1.21 bits per heavy atom. The van der Waals surface area contributed by atoms with E-state index in [-0.39, 0.29) is 19.1 Å². The number of amides is 2. The predicted molar refractivity (Wildman–Crippen MR) is 72.3 cm³/mol. The highest BCUT2D eigenvalue weighted by atomic mass is 16.5. The van der Waals surface area contributed by atoms with Crippen LogP contribution in [-0.4, -0.2) is 80.9 Å². The summed E-state index contributed by atoms with van der Waals surface area (Å²) in [5.41, 5.74) is 0. The number of carboxylic acid groups (broad SMARTS) is 1. The van der Waals surface area contributed by atoms with Gasteiger partial charge in [0.05, 0.1) is 6.61 Å².